The average molecular weight is 223 g/mol. The van der Waals surface area contributed by atoms with E-state index in [4.69, 9.17) is 0 Å². The molecule has 15 heavy (non-hydrogen) atoms. The third-order valence-corrected chi connectivity index (χ3v) is 1.41. The molecule has 1 heterocycles. The van der Waals surface area contributed by atoms with Crippen LogP contribution >= 0.6 is 0 Å². The molecular formula is C8H5F4NO2. The van der Waals surface area contributed by atoms with E-state index in [9.17, 15) is 22.4 Å². The summed E-state index contributed by atoms with van der Waals surface area (Å²) in [4.78, 5) is 14.0. The number of carbonyl (C=O) groups is 1. The molecule has 0 spiro atoms. The first-order valence-electron chi connectivity index (χ1n) is 3.72. The molecule has 0 aliphatic carbocycles. The van der Waals surface area contributed by atoms with E-state index in [0.29, 0.717) is 12.3 Å². The number of hydrogen-bond acceptors (Lipinski definition) is 3. The smallest absolute Gasteiger partial charge is 0.403 e. The fourth-order valence-electron chi connectivity index (χ4n) is 0.816. The summed E-state index contributed by atoms with van der Waals surface area (Å²) in [5.41, 5.74) is -0.296. The molecule has 0 fully saturated rings. The van der Waals surface area contributed by atoms with Crippen LogP contribution in [-0.4, -0.2) is 17.1 Å². The number of halogens is 4. The molecule has 0 saturated carbocycles. The van der Waals surface area contributed by atoms with Crippen molar-refractivity contribution in [1.29, 1.82) is 0 Å². The lowest BCUT2D eigenvalue weighted by molar-refractivity contribution is -0.275. The number of ketones is 1. The lowest BCUT2D eigenvalue weighted by Crippen LogP contribution is -2.18. The Hall–Kier alpha value is -1.66. The van der Waals surface area contributed by atoms with Gasteiger partial charge < -0.3 is 4.74 Å². The minimum absolute atomic E-state index is 0.296. The van der Waals surface area contributed by atoms with Crippen molar-refractivity contribution in [2.45, 2.75) is 13.3 Å². The maximum atomic E-state index is 12.8. The van der Waals surface area contributed by atoms with E-state index < -0.39 is 23.7 Å². The van der Waals surface area contributed by atoms with Gasteiger partial charge in [-0.05, 0) is 0 Å². The summed E-state index contributed by atoms with van der Waals surface area (Å²) in [7, 11) is 0. The van der Waals surface area contributed by atoms with Gasteiger partial charge in [0.15, 0.2) is 17.3 Å². The van der Waals surface area contributed by atoms with Crippen LogP contribution in [0.4, 0.5) is 17.6 Å². The highest BCUT2D eigenvalue weighted by atomic mass is 19.4. The quantitative estimate of drug-likeness (QED) is 0.570. The number of hydrogen-bond donors (Lipinski definition) is 0. The number of ether oxygens (including phenoxy) is 1. The predicted molar refractivity (Wildman–Crippen MR) is 40.9 cm³/mol. The van der Waals surface area contributed by atoms with Crippen molar-refractivity contribution in [3.05, 3.63) is 23.8 Å². The third kappa shape index (κ3) is 3.19. The van der Waals surface area contributed by atoms with E-state index >= 15 is 0 Å². The number of pyridine rings is 1. The zero-order chi connectivity index (χ0) is 11.6. The second-order valence-electron chi connectivity index (χ2n) is 2.60. The maximum Gasteiger partial charge on any atom is 0.573 e. The van der Waals surface area contributed by atoms with Gasteiger partial charge in [-0.3, -0.25) is 4.79 Å². The van der Waals surface area contributed by atoms with Crippen molar-refractivity contribution >= 4 is 5.78 Å². The first-order chi connectivity index (χ1) is 6.79. The normalized spacial score (nSPS) is 11.3. The van der Waals surface area contributed by atoms with Gasteiger partial charge in [0.25, 0.3) is 0 Å². The Labute approximate surface area is 81.7 Å². The van der Waals surface area contributed by atoms with Crippen molar-refractivity contribution in [3.8, 4) is 5.75 Å². The van der Waals surface area contributed by atoms with Crippen LogP contribution in [0.2, 0.25) is 0 Å². The van der Waals surface area contributed by atoms with E-state index in [1.165, 1.54) is 0 Å². The summed E-state index contributed by atoms with van der Waals surface area (Å²) < 4.78 is 51.4. The zero-order valence-corrected chi connectivity index (χ0v) is 7.43. The molecule has 0 aliphatic heterocycles. The molecule has 0 aromatic carbocycles. The summed E-state index contributed by atoms with van der Waals surface area (Å²) in [5, 5.41) is 0. The summed E-state index contributed by atoms with van der Waals surface area (Å²) in [5.74, 6) is -2.93. The lowest BCUT2D eigenvalue weighted by Gasteiger charge is -2.09. The molecule has 0 amide bonds. The Morgan fingerprint density at radius 1 is 1.47 bits per heavy atom. The fourth-order valence-corrected chi connectivity index (χ4v) is 0.816. The van der Waals surface area contributed by atoms with E-state index in [0.717, 1.165) is 6.92 Å². The molecule has 1 rings (SSSR count). The third-order valence-electron chi connectivity index (χ3n) is 1.41. The molecule has 0 radical (unpaired) electrons. The van der Waals surface area contributed by atoms with Crippen LogP contribution in [0.15, 0.2) is 12.3 Å². The van der Waals surface area contributed by atoms with Gasteiger partial charge in [0.2, 0.25) is 0 Å². The van der Waals surface area contributed by atoms with Gasteiger partial charge in [0, 0.05) is 13.0 Å². The Morgan fingerprint density at radius 3 is 2.53 bits per heavy atom. The second-order valence-corrected chi connectivity index (χ2v) is 2.60. The molecule has 1 aromatic heterocycles. The zero-order valence-electron chi connectivity index (χ0n) is 7.43. The van der Waals surface area contributed by atoms with Gasteiger partial charge in [-0.15, -0.1) is 13.2 Å². The SMILES string of the molecule is CC(=O)c1cc(OC(F)(F)F)c(F)cn1. The summed E-state index contributed by atoms with van der Waals surface area (Å²) in [6, 6.07) is 0.602. The van der Waals surface area contributed by atoms with Gasteiger partial charge in [0.05, 0.1) is 6.20 Å². The maximum absolute atomic E-state index is 12.8. The molecule has 0 unspecified atom stereocenters. The predicted octanol–water partition coefficient (Wildman–Crippen LogP) is 2.32. The molecule has 0 bridgehead atoms. The van der Waals surface area contributed by atoms with E-state index in [-0.39, 0.29) is 5.69 Å². The molecule has 0 N–H and O–H groups in total. The fraction of sp³-hybridized carbons (Fsp3) is 0.250. The van der Waals surface area contributed by atoms with E-state index in [1.54, 1.807) is 0 Å². The van der Waals surface area contributed by atoms with Gasteiger partial charge in [-0.2, -0.15) is 0 Å². The highest BCUT2D eigenvalue weighted by molar-refractivity contribution is 5.92. The van der Waals surface area contributed by atoms with Gasteiger partial charge in [-0.1, -0.05) is 0 Å². The number of aromatic nitrogens is 1. The van der Waals surface area contributed by atoms with Crippen LogP contribution in [0.25, 0.3) is 0 Å². The van der Waals surface area contributed by atoms with Gasteiger partial charge in [0.1, 0.15) is 5.69 Å². The van der Waals surface area contributed by atoms with Crippen molar-refractivity contribution in [1.82, 2.24) is 4.98 Å². The highest BCUT2D eigenvalue weighted by Crippen LogP contribution is 2.25. The van der Waals surface area contributed by atoms with Crippen LogP contribution < -0.4 is 4.74 Å². The van der Waals surface area contributed by atoms with Gasteiger partial charge in [-0.25, -0.2) is 9.37 Å². The highest BCUT2D eigenvalue weighted by Gasteiger charge is 2.32. The number of carbonyl (C=O) groups excluding carboxylic acids is 1. The minimum Gasteiger partial charge on any atom is -0.403 e. The largest absolute Gasteiger partial charge is 0.573 e. The average Bonchev–Trinajstić information content (AvgIpc) is 2.06. The Balaban J connectivity index is 3.06. The van der Waals surface area contributed by atoms with Gasteiger partial charge >= 0.3 is 6.36 Å². The van der Waals surface area contributed by atoms with Crippen molar-refractivity contribution in [3.63, 3.8) is 0 Å². The number of rotatable bonds is 2. The molecule has 7 heteroatoms. The van der Waals surface area contributed by atoms with Crippen LogP contribution in [0.5, 0.6) is 5.75 Å². The number of Topliss-reactive ketones (excluding diaryl/α,β-unsaturated/α-hetero) is 1. The van der Waals surface area contributed by atoms with Crippen LogP contribution in [-0.2, 0) is 0 Å². The summed E-state index contributed by atoms with van der Waals surface area (Å²) in [6.45, 7) is 1.09. The van der Waals surface area contributed by atoms with Crippen molar-refractivity contribution in [2.75, 3.05) is 0 Å². The summed E-state index contributed by atoms with van der Waals surface area (Å²) in [6.07, 6.45) is -4.51. The van der Waals surface area contributed by atoms with Crippen molar-refractivity contribution in [2.24, 2.45) is 0 Å². The van der Waals surface area contributed by atoms with E-state index in [1.807, 2.05) is 0 Å². The molecule has 3 nitrogen and oxygen atoms in total. The Kier molecular flexibility index (Phi) is 2.92. The molecular weight excluding hydrogens is 218 g/mol. The topological polar surface area (TPSA) is 39.2 Å². The molecule has 1 aromatic rings. The molecule has 0 saturated heterocycles. The van der Waals surface area contributed by atoms with Crippen LogP contribution in [0, 0.1) is 5.82 Å². The molecule has 0 atom stereocenters. The molecule has 82 valence electrons. The van der Waals surface area contributed by atoms with Crippen molar-refractivity contribution < 1.29 is 27.1 Å². The molecule has 0 aliphatic rings. The number of alkyl halides is 3. The summed E-state index contributed by atoms with van der Waals surface area (Å²) >= 11 is 0. The number of nitrogens with zero attached hydrogens (tertiary/aromatic N) is 1. The first kappa shape index (κ1) is 11.4. The standard InChI is InChI=1S/C8H5F4NO2/c1-4(14)6-2-7(5(9)3-13-6)15-8(10,11)12/h2-3H,1H3. The Bertz CT molecular complexity index is 389. The minimum atomic E-state index is -5.00. The second kappa shape index (κ2) is 3.84. The first-order valence-corrected chi connectivity index (χ1v) is 3.72. The van der Waals surface area contributed by atoms with Crippen LogP contribution in [0.1, 0.15) is 17.4 Å². The van der Waals surface area contributed by atoms with Crippen LogP contribution in [0.3, 0.4) is 0 Å². The van der Waals surface area contributed by atoms with E-state index in [2.05, 4.69) is 9.72 Å². The lowest BCUT2D eigenvalue weighted by atomic mass is 10.2. The Morgan fingerprint density at radius 2 is 2.07 bits per heavy atom. The monoisotopic (exact) mass is 223 g/mol.